The third-order valence-electron chi connectivity index (χ3n) is 5.91. The van der Waals surface area contributed by atoms with E-state index in [-0.39, 0.29) is 18.0 Å². The minimum atomic E-state index is -1.54. The maximum Gasteiger partial charge on any atom is 0.269 e. The molecule has 0 aromatic heterocycles. The van der Waals surface area contributed by atoms with Crippen molar-refractivity contribution in [3.05, 3.63) is 83.9 Å². The lowest BCUT2D eigenvalue weighted by Crippen LogP contribution is -2.51. The van der Waals surface area contributed by atoms with Crippen molar-refractivity contribution in [2.24, 2.45) is 0 Å². The van der Waals surface area contributed by atoms with Crippen LogP contribution in [0.4, 0.5) is 25.8 Å². The van der Waals surface area contributed by atoms with Crippen LogP contribution in [0.25, 0.3) is 0 Å². The minimum Gasteiger partial charge on any atom is -0.495 e. The summed E-state index contributed by atoms with van der Waals surface area (Å²) >= 11 is 1.08. The SMILES string of the molecule is COc1ccccc1NC(=O)CN1C(=O)[C@@]2(SCC(=O)N2c2ccc(F)c(F)c2)c2ccccc21. The quantitative estimate of drug-likeness (QED) is 0.581. The van der Waals surface area contributed by atoms with Crippen molar-refractivity contribution in [3.8, 4) is 5.75 Å². The molecule has 0 radical (unpaired) electrons. The molecule has 1 fully saturated rings. The molecule has 2 aliphatic heterocycles. The van der Waals surface area contributed by atoms with E-state index in [1.54, 1.807) is 48.5 Å². The van der Waals surface area contributed by atoms with Gasteiger partial charge in [0.15, 0.2) is 11.6 Å². The summed E-state index contributed by atoms with van der Waals surface area (Å²) in [5.41, 5.74) is 1.46. The third-order valence-corrected chi connectivity index (χ3v) is 7.29. The Morgan fingerprint density at radius 3 is 2.57 bits per heavy atom. The highest BCUT2D eigenvalue weighted by molar-refractivity contribution is 8.02. The van der Waals surface area contributed by atoms with E-state index >= 15 is 0 Å². The van der Waals surface area contributed by atoms with Gasteiger partial charge < -0.3 is 10.1 Å². The van der Waals surface area contributed by atoms with Crippen LogP contribution in [0.15, 0.2) is 66.7 Å². The largest absolute Gasteiger partial charge is 0.495 e. The predicted octanol–water partition coefficient (Wildman–Crippen LogP) is 3.89. The van der Waals surface area contributed by atoms with Gasteiger partial charge in [0, 0.05) is 17.3 Å². The number of nitrogens with zero attached hydrogens (tertiary/aromatic N) is 2. The fourth-order valence-corrected chi connectivity index (χ4v) is 5.78. The van der Waals surface area contributed by atoms with Gasteiger partial charge >= 0.3 is 0 Å². The molecular weight excluding hydrogens is 476 g/mol. The van der Waals surface area contributed by atoms with Gasteiger partial charge in [-0.3, -0.25) is 24.2 Å². The second kappa shape index (κ2) is 8.70. The van der Waals surface area contributed by atoms with Gasteiger partial charge in [-0.15, -0.1) is 11.8 Å². The van der Waals surface area contributed by atoms with Crippen LogP contribution in [0.1, 0.15) is 5.56 Å². The number of carbonyl (C=O) groups excluding carboxylic acids is 3. The molecule has 1 saturated heterocycles. The maximum absolute atomic E-state index is 14.1. The average Bonchev–Trinajstić information content (AvgIpc) is 3.32. The number of hydrogen-bond donors (Lipinski definition) is 1. The smallest absolute Gasteiger partial charge is 0.269 e. The molecule has 5 rings (SSSR count). The molecule has 1 N–H and O–H groups in total. The molecule has 0 unspecified atom stereocenters. The van der Waals surface area contributed by atoms with E-state index in [1.807, 2.05) is 0 Å². The third kappa shape index (κ3) is 3.61. The highest BCUT2D eigenvalue weighted by Crippen LogP contribution is 2.55. The van der Waals surface area contributed by atoms with Crippen LogP contribution in [0.2, 0.25) is 0 Å². The molecule has 0 bridgehead atoms. The molecule has 10 heteroatoms. The van der Waals surface area contributed by atoms with Gasteiger partial charge in [0.2, 0.25) is 16.7 Å². The van der Waals surface area contributed by atoms with Crippen molar-refractivity contribution in [1.82, 2.24) is 0 Å². The lowest BCUT2D eigenvalue weighted by molar-refractivity contribution is -0.124. The van der Waals surface area contributed by atoms with Crippen LogP contribution >= 0.6 is 11.8 Å². The molecule has 35 heavy (non-hydrogen) atoms. The topological polar surface area (TPSA) is 79.0 Å². The summed E-state index contributed by atoms with van der Waals surface area (Å²) in [5, 5.41) is 2.75. The number of halogens is 2. The van der Waals surface area contributed by atoms with Crippen molar-refractivity contribution in [2.75, 3.05) is 34.5 Å². The zero-order valence-electron chi connectivity index (χ0n) is 18.5. The van der Waals surface area contributed by atoms with Crippen molar-refractivity contribution in [2.45, 2.75) is 4.87 Å². The molecule has 3 aromatic rings. The second-order valence-corrected chi connectivity index (χ2v) is 9.09. The van der Waals surface area contributed by atoms with Gasteiger partial charge in [-0.25, -0.2) is 8.78 Å². The Morgan fingerprint density at radius 2 is 1.80 bits per heavy atom. The first kappa shape index (κ1) is 22.9. The number of amides is 3. The molecular formula is C25H19F2N3O4S. The van der Waals surface area contributed by atoms with Gasteiger partial charge in [0.25, 0.3) is 5.91 Å². The maximum atomic E-state index is 14.1. The van der Waals surface area contributed by atoms with Gasteiger partial charge in [-0.1, -0.05) is 30.3 Å². The summed E-state index contributed by atoms with van der Waals surface area (Å²) in [5.74, 6) is -3.18. The summed E-state index contributed by atoms with van der Waals surface area (Å²) < 4.78 is 32.9. The first-order chi connectivity index (χ1) is 16.9. The predicted molar refractivity (Wildman–Crippen MR) is 128 cm³/mol. The standard InChI is InChI=1S/C25H19F2N3O4S/c1-34-21-9-5-3-7-19(21)28-22(31)13-29-20-8-4-2-6-16(20)25(24(29)33)30(23(32)14-35-25)15-10-11-17(26)18(27)12-15/h2-12H,13-14H2,1H3,(H,28,31)/t25-/m0/s1. The molecule has 3 amide bonds. The highest BCUT2D eigenvalue weighted by atomic mass is 32.2. The number of para-hydroxylation sites is 3. The van der Waals surface area contributed by atoms with E-state index in [4.69, 9.17) is 4.74 Å². The Balaban J connectivity index is 1.52. The van der Waals surface area contributed by atoms with E-state index in [1.165, 1.54) is 23.0 Å². The number of ether oxygens (including phenoxy) is 1. The van der Waals surface area contributed by atoms with E-state index in [0.29, 0.717) is 22.7 Å². The van der Waals surface area contributed by atoms with Crippen LogP contribution in [0.5, 0.6) is 5.75 Å². The van der Waals surface area contributed by atoms with Crippen LogP contribution < -0.4 is 19.9 Å². The first-order valence-electron chi connectivity index (χ1n) is 10.6. The number of carbonyl (C=O) groups is 3. The Hall–Kier alpha value is -3.92. The first-order valence-corrected chi connectivity index (χ1v) is 11.6. The van der Waals surface area contributed by atoms with E-state index < -0.39 is 34.2 Å². The Bertz CT molecular complexity index is 1370. The average molecular weight is 496 g/mol. The lowest BCUT2D eigenvalue weighted by atomic mass is 10.0. The Labute approximate surface area is 203 Å². The van der Waals surface area contributed by atoms with E-state index in [0.717, 1.165) is 23.9 Å². The number of rotatable bonds is 5. The Kier molecular flexibility index (Phi) is 5.68. The number of fused-ring (bicyclic) bond motifs is 2. The van der Waals surface area contributed by atoms with Gasteiger partial charge in [-0.2, -0.15) is 0 Å². The van der Waals surface area contributed by atoms with Crippen molar-refractivity contribution in [1.29, 1.82) is 0 Å². The van der Waals surface area contributed by atoms with E-state index in [2.05, 4.69) is 5.32 Å². The molecule has 1 atom stereocenters. The molecule has 2 heterocycles. The molecule has 2 aliphatic rings. The number of thioether (sulfide) groups is 1. The van der Waals surface area contributed by atoms with Crippen molar-refractivity contribution in [3.63, 3.8) is 0 Å². The number of methoxy groups -OCH3 is 1. The van der Waals surface area contributed by atoms with Crippen LogP contribution in [-0.4, -0.2) is 37.1 Å². The monoisotopic (exact) mass is 495 g/mol. The van der Waals surface area contributed by atoms with Gasteiger partial charge in [0.05, 0.1) is 24.2 Å². The number of hydrogen-bond acceptors (Lipinski definition) is 5. The summed E-state index contributed by atoms with van der Waals surface area (Å²) in [6.07, 6.45) is 0. The molecule has 1 spiro atoms. The van der Waals surface area contributed by atoms with Crippen molar-refractivity contribution >= 4 is 46.5 Å². The molecule has 178 valence electrons. The molecule has 0 aliphatic carbocycles. The van der Waals surface area contributed by atoms with Crippen LogP contribution in [0.3, 0.4) is 0 Å². The Morgan fingerprint density at radius 1 is 1.06 bits per heavy atom. The highest BCUT2D eigenvalue weighted by Gasteiger charge is 2.61. The van der Waals surface area contributed by atoms with E-state index in [9.17, 15) is 23.2 Å². The summed E-state index contributed by atoms with van der Waals surface area (Å²) in [4.78, 5) is 40.8. The molecule has 0 saturated carbocycles. The fraction of sp³-hybridized carbons (Fsp3) is 0.160. The lowest BCUT2D eigenvalue weighted by Gasteiger charge is -2.33. The number of benzene rings is 3. The normalized spacial score (nSPS) is 18.8. The fourth-order valence-electron chi connectivity index (χ4n) is 4.42. The number of nitrogens with one attached hydrogen (secondary N) is 1. The zero-order valence-corrected chi connectivity index (χ0v) is 19.3. The summed E-state index contributed by atoms with van der Waals surface area (Å²) in [7, 11) is 1.48. The minimum absolute atomic E-state index is 0.0413. The molecule has 7 nitrogen and oxygen atoms in total. The van der Waals surface area contributed by atoms with Crippen molar-refractivity contribution < 1.29 is 27.9 Å². The van der Waals surface area contributed by atoms with Gasteiger partial charge in [0.1, 0.15) is 12.3 Å². The zero-order chi connectivity index (χ0) is 24.7. The second-order valence-electron chi connectivity index (χ2n) is 7.92. The summed E-state index contributed by atoms with van der Waals surface area (Å²) in [6.45, 7) is -0.323. The summed E-state index contributed by atoms with van der Waals surface area (Å²) in [6, 6.07) is 16.8. The molecule has 3 aromatic carbocycles. The van der Waals surface area contributed by atoms with Crippen LogP contribution in [-0.2, 0) is 19.3 Å². The van der Waals surface area contributed by atoms with Gasteiger partial charge in [-0.05, 0) is 30.3 Å². The number of anilines is 3. The van der Waals surface area contributed by atoms with Crippen LogP contribution in [0, 0.1) is 11.6 Å².